The molecule has 0 atom stereocenters. The van der Waals surface area contributed by atoms with E-state index in [1.807, 2.05) is 102 Å². The zero-order valence-electron chi connectivity index (χ0n) is 18.2. The predicted octanol–water partition coefficient (Wildman–Crippen LogP) is 4.86. The maximum Gasteiger partial charge on any atom is 0.239 e. The van der Waals surface area contributed by atoms with Crippen LogP contribution in [0.3, 0.4) is 0 Å². The zero-order chi connectivity index (χ0) is 21.4. The van der Waals surface area contributed by atoms with E-state index in [2.05, 4.69) is 5.32 Å². The molecule has 1 saturated heterocycles. The van der Waals surface area contributed by atoms with Gasteiger partial charge in [0.15, 0.2) is 0 Å². The van der Waals surface area contributed by atoms with Crippen LogP contribution in [0.25, 0.3) is 0 Å². The smallest absolute Gasteiger partial charge is 0.239 e. The molecule has 2 aromatic rings. The minimum Gasteiger partial charge on any atom is -0.353 e. The number of nitrogens with one attached hydrogen (secondary N) is 1. The molecule has 0 aromatic heterocycles. The highest BCUT2D eigenvalue weighted by Crippen LogP contribution is 2.27. The van der Waals surface area contributed by atoms with E-state index in [1.165, 1.54) is 0 Å². The van der Waals surface area contributed by atoms with Gasteiger partial charge in [0.1, 0.15) is 0 Å². The Labute approximate surface area is 171 Å². The summed E-state index contributed by atoms with van der Waals surface area (Å²) in [4.78, 5) is 26.2. The van der Waals surface area contributed by atoms with Gasteiger partial charge in [-0.25, -0.2) is 0 Å². The third-order valence-corrected chi connectivity index (χ3v) is 3.86. The zero-order valence-corrected chi connectivity index (χ0v) is 18.2. The Morgan fingerprint density at radius 2 is 1.25 bits per heavy atom. The molecule has 3 rings (SSSR count). The maximum atomic E-state index is 13.0. The van der Waals surface area contributed by atoms with Crippen molar-refractivity contribution in [2.45, 2.75) is 47.5 Å². The van der Waals surface area contributed by atoms with Gasteiger partial charge in [0.05, 0.1) is 12.5 Å². The molecule has 0 aliphatic carbocycles. The fraction of sp³-hybridized carbons (Fsp3) is 0.417. The van der Waals surface area contributed by atoms with Crippen LogP contribution in [0.2, 0.25) is 0 Å². The molecular weight excluding hydrogens is 348 g/mol. The predicted molar refractivity (Wildman–Crippen MR) is 118 cm³/mol. The van der Waals surface area contributed by atoms with Crippen LogP contribution in [0, 0.1) is 0 Å². The molecule has 0 unspecified atom stereocenters. The topological polar surface area (TPSA) is 49.4 Å². The summed E-state index contributed by atoms with van der Waals surface area (Å²) in [6, 6.07) is 19.4. The molecule has 154 valence electrons. The fourth-order valence-corrected chi connectivity index (χ4v) is 2.78. The average molecular weight is 385 g/mol. The molecule has 0 bridgehead atoms. The Hall–Kier alpha value is -2.62. The molecular formula is C24H36N2O2. The van der Waals surface area contributed by atoms with E-state index >= 15 is 0 Å². The van der Waals surface area contributed by atoms with Gasteiger partial charge in [-0.3, -0.25) is 9.59 Å². The number of benzene rings is 2. The molecule has 1 heterocycles. The molecule has 2 amide bonds. The minimum absolute atomic E-state index is 0.0211. The third kappa shape index (κ3) is 7.55. The Kier molecular flexibility index (Phi) is 14.0. The number of nitrogens with zero attached hydrogens (tertiary/aromatic N) is 1. The van der Waals surface area contributed by atoms with Gasteiger partial charge in [-0.15, -0.1) is 0 Å². The number of hydrogen-bond donors (Lipinski definition) is 1. The SMILES string of the molecule is CC.CC.CC.O=C1CN(C(=O)C(c2ccccc2)c2ccccc2)CCN1. The summed E-state index contributed by atoms with van der Waals surface area (Å²) in [5.41, 5.74) is 1.90. The van der Waals surface area contributed by atoms with Crippen LogP contribution in [0.15, 0.2) is 60.7 Å². The fourth-order valence-electron chi connectivity index (χ4n) is 2.78. The van der Waals surface area contributed by atoms with Crippen LogP contribution in [-0.2, 0) is 9.59 Å². The highest BCUT2D eigenvalue weighted by Gasteiger charge is 2.30. The molecule has 0 saturated carbocycles. The summed E-state index contributed by atoms with van der Waals surface area (Å²) < 4.78 is 0. The number of hydrogen-bond acceptors (Lipinski definition) is 2. The van der Waals surface area contributed by atoms with Gasteiger partial charge in [0.2, 0.25) is 11.8 Å². The Morgan fingerprint density at radius 3 is 1.64 bits per heavy atom. The van der Waals surface area contributed by atoms with Gasteiger partial charge < -0.3 is 10.2 Å². The van der Waals surface area contributed by atoms with Crippen molar-refractivity contribution in [2.24, 2.45) is 0 Å². The van der Waals surface area contributed by atoms with Crippen molar-refractivity contribution in [1.29, 1.82) is 0 Å². The van der Waals surface area contributed by atoms with Crippen molar-refractivity contribution < 1.29 is 9.59 Å². The van der Waals surface area contributed by atoms with Crippen LogP contribution in [0.5, 0.6) is 0 Å². The molecule has 1 N–H and O–H groups in total. The molecule has 1 fully saturated rings. The summed E-state index contributed by atoms with van der Waals surface area (Å²) in [5.74, 6) is -0.486. The molecule has 4 nitrogen and oxygen atoms in total. The molecule has 1 aliphatic heterocycles. The van der Waals surface area contributed by atoms with Crippen molar-refractivity contribution in [2.75, 3.05) is 19.6 Å². The summed E-state index contributed by atoms with van der Waals surface area (Å²) in [6.45, 7) is 13.2. The van der Waals surface area contributed by atoms with E-state index in [4.69, 9.17) is 0 Å². The number of piperazine rings is 1. The average Bonchev–Trinajstić information content (AvgIpc) is 2.79. The van der Waals surface area contributed by atoms with Crippen LogP contribution < -0.4 is 5.32 Å². The first-order valence-electron chi connectivity index (χ1n) is 10.4. The molecule has 28 heavy (non-hydrogen) atoms. The lowest BCUT2D eigenvalue weighted by Crippen LogP contribution is -2.51. The van der Waals surface area contributed by atoms with Crippen LogP contribution >= 0.6 is 0 Å². The molecule has 0 radical (unpaired) electrons. The van der Waals surface area contributed by atoms with Crippen molar-refractivity contribution in [1.82, 2.24) is 10.2 Å². The first-order chi connectivity index (χ1) is 13.8. The lowest BCUT2D eigenvalue weighted by atomic mass is 9.90. The minimum atomic E-state index is -0.367. The van der Waals surface area contributed by atoms with E-state index in [9.17, 15) is 9.59 Å². The van der Waals surface area contributed by atoms with Crippen LogP contribution in [0.1, 0.15) is 58.6 Å². The summed E-state index contributed by atoms with van der Waals surface area (Å²) in [6.07, 6.45) is 0. The van der Waals surface area contributed by atoms with Gasteiger partial charge in [0.25, 0.3) is 0 Å². The highest BCUT2D eigenvalue weighted by atomic mass is 16.2. The normalized spacial score (nSPS) is 12.2. The van der Waals surface area contributed by atoms with Gasteiger partial charge in [-0.2, -0.15) is 0 Å². The second-order valence-electron chi connectivity index (χ2n) is 5.36. The summed E-state index contributed by atoms with van der Waals surface area (Å²) in [5, 5.41) is 2.75. The van der Waals surface area contributed by atoms with Crippen molar-refractivity contribution in [3.05, 3.63) is 71.8 Å². The largest absolute Gasteiger partial charge is 0.353 e. The van der Waals surface area contributed by atoms with Gasteiger partial charge in [0, 0.05) is 13.1 Å². The summed E-state index contributed by atoms with van der Waals surface area (Å²) >= 11 is 0. The van der Waals surface area contributed by atoms with E-state index < -0.39 is 0 Å². The number of amides is 2. The Balaban J connectivity index is 0.00000111. The van der Waals surface area contributed by atoms with E-state index in [1.54, 1.807) is 4.90 Å². The van der Waals surface area contributed by atoms with Crippen molar-refractivity contribution >= 4 is 11.8 Å². The maximum absolute atomic E-state index is 13.0. The molecule has 0 spiro atoms. The first kappa shape index (κ1) is 25.4. The lowest BCUT2D eigenvalue weighted by Gasteiger charge is -2.30. The Morgan fingerprint density at radius 1 is 0.821 bits per heavy atom. The second-order valence-corrected chi connectivity index (χ2v) is 5.36. The molecule has 1 aliphatic rings. The highest BCUT2D eigenvalue weighted by molar-refractivity contribution is 5.91. The standard InChI is InChI=1S/C18H18N2O2.3C2H6/c21-16-13-20(12-11-19-16)18(22)17(14-7-3-1-4-8-14)15-9-5-2-6-10-15;3*1-2/h1-10,17H,11-13H2,(H,19,21);3*1-2H3. The second kappa shape index (κ2) is 15.4. The van der Waals surface area contributed by atoms with Gasteiger partial charge >= 0.3 is 0 Å². The number of carbonyl (C=O) groups excluding carboxylic acids is 2. The molecule has 4 heteroatoms. The van der Waals surface area contributed by atoms with E-state index in [-0.39, 0.29) is 24.3 Å². The quantitative estimate of drug-likeness (QED) is 0.822. The number of carbonyl (C=O) groups is 2. The Bertz CT molecular complexity index is 617. The van der Waals surface area contributed by atoms with E-state index in [0.29, 0.717) is 13.1 Å². The first-order valence-corrected chi connectivity index (χ1v) is 10.4. The molecule has 2 aromatic carbocycles. The van der Waals surface area contributed by atoms with E-state index in [0.717, 1.165) is 11.1 Å². The van der Waals surface area contributed by atoms with Crippen molar-refractivity contribution in [3.8, 4) is 0 Å². The van der Waals surface area contributed by atoms with Gasteiger partial charge in [-0.05, 0) is 11.1 Å². The van der Waals surface area contributed by atoms with Gasteiger partial charge in [-0.1, -0.05) is 102 Å². The summed E-state index contributed by atoms with van der Waals surface area (Å²) in [7, 11) is 0. The third-order valence-electron chi connectivity index (χ3n) is 3.86. The lowest BCUT2D eigenvalue weighted by molar-refractivity contribution is -0.138. The van der Waals surface area contributed by atoms with Crippen LogP contribution in [0.4, 0.5) is 0 Å². The van der Waals surface area contributed by atoms with Crippen LogP contribution in [-0.4, -0.2) is 36.3 Å². The number of rotatable bonds is 3. The monoisotopic (exact) mass is 384 g/mol. The van der Waals surface area contributed by atoms with Crippen molar-refractivity contribution in [3.63, 3.8) is 0 Å².